The topological polar surface area (TPSA) is 54.5 Å². The molecule has 1 aromatic rings. The van der Waals surface area contributed by atoms with Crippen LogP contribution in [0.4, 0.5) is 17.1 Å². The van der Waals surface area contributed by atoms with Crippen LogP contribution in [0.3, 0.4) is 0 Å². The molecule has 0 N–H and O–H groups in total. The highest BCUT2D eigenvalue weighted by atomic mass is 32.3. The lowest BCUT2D eigenvalue weighted by atomic mass is 10.0. The van der Waals surface area contributed by atoms with Gasteiger partial charge in [0.2, 0.25) is 5.91 Å². The van der Waals surface area contributed by atoms with Gasteiger partial charge < -0.3 is 4.90 Å². The Morgan fingerprint density at radius 3 is 2.48 bits per heavy atom. The van der Waals surface area contributed by atoms with Crippen molar-refractivity contribution in [3.8, 4) is 0 Å². The third kappa shape index (κ3) is 4.92. The number of nitrogens with zero attached hydrogens (tertiary/aromatic N) is 1. The van der Waals surface area contributed by atoms with E-state index < -0.39 is 33.6 Å². The van der Waals surface area contributed by atoms with Crippen LogP contribution in [0, 0.1) is 5.92 Å². The quantitative estimate of drug-likeness (QED) is 0.603. The average molecular weight is 353 g/mol. The number of hydrogen-bond acceptors (Lipinski definition) is 3. The number of likely N-dealkylation sites (tertiary alicyclic amines) is 1. The Morgan fingerprint density at radius 1 is 1.22 bits per heavy atom. The third-order valence-electron chi connectivity index (χ3n) is 3.70. The van der Waals surface area contributed by atoms with E-state index in [2.05, 4.69) is 0 Å². The lowest BCUT2D eigenvalue weighted by Gasteiger charge is -2.18. The Balaban J connectivity index is 2.01. The third-order valence-corrected chi connectivity index (χ3v) is 4.57. The first-order valence-electron chi connectivity index (χ1n) is 6.91. The number of amides is 1. The molecule has 1 atom stereocenters. The molecule has 9 heteroatoms. The van der Waals surface area contributed by atoms with Crippen LogP contribution in [-0.4, -0.2) is 38.1 Å². The first-order chi connectivity index (χ1) is 10.6. The van der Waals surface area contributed by atoms with Crippen molar-refractivity contribution in [2.45, 2.75) is 19.0 Å². The predicted octanol–water partition coefficient (Wildman–Crippen LogP) is 2.40. The van der Waals surface area contributed by atoms with Crippen LogP contribution < -0.4 is 0 Å². The van der Waals surface area contributed by atoms with E-state index in [4.69, 9.17) is 0 Å². The van der Waals surface area contributed by atoms with Crippen molar-refractivity contribution in [2.75, 3.05) is 18.8 Å². The van der Waals surface area contributed by atoms with Gasteiger partial charge in [-0.25, -0.2) is 0 Å². The zero-order valence-corrected chi connectivity index (χ0v) is 12.8. The van der Waals surface area contributed by atoms with Gasteiger partial charge in [0.15, 0.2) is 0 Å². The number of hydrogen-bond donors (Lipinski definition) is 0. The second kappa shape index (κ2) is 6.46. The predicted molar refractivity (Wildman–Crippen MR) is 74.7 cm³/mol. The van der Waals surface area contributed by atoms with Gasteiger partial charge in [-0.1, -0.05) is 18.2 Å². The molecule has 1 aliphatic heterocycles. The molecule has 0 bridgehead atoms. The van der Waals surface area contributed by atoms with E-state index in [1.165, 1.54) is 23.1 Å². The van der Waals surface area contributed by atoms with Crippen LogP contribution in [0.5, 0.6) is 0 Å². The SMILES string of the molecule is O=C1CC(CS(=O)(=O)F)CN1CCc1ccccc1C(F)(F)F. The molecule has 1 amide bonds. The number of alkyl halides is 3. The Labute approximate surface area is 131 Å². The molecule has 1 heterocycles. The Kier molecular flexibility index (Phi) is 4.98. The molecule has 1 saturated heterocycles. The van der Waals surface area contributed by atoms with Gasteiger partial charge in [-0.2, -0.15) is 21.6 Å². The van der Waals surface area contributed by atoms with Gasteiger partial charge in [-0.05, 0) is 18.1 Å². The van der Waals surface area contributed by atoms with Crippen molar-refractivity contribution in [3.63, 3.8) is 0 Å². The fourth-order valence-corrected chi connectivity index (χ4v) is 3.52. The van der Waals surface area contributed by atoms with Crippen LogP contribution in [-0.2, 0) is 27.6 Å². The first kappa shape index (κ1) is 17.7. The molecule has 1 aromatic carbocycles. The van der Waals surface area contributed by atoms with Crippen LogP contribution in [0.1, 0.15) is 17.5 Å². The van der Waals surface area contributed by atoms with Crippen LogP contribution in [0.25, 0.3) is 0 Å². The molecule has 0 aromatic heterocycles. The highest BCUT2D eigenvalue weighted by molar-refractivity contribution is 7.86. The van der Waals surface area contributed by atoms with E-state index in [-0.39, 0.29) is 37.4 Å². The van der Waals surface area contributed by atoms with Gasteiger partial charge >= 0.3 is 16.4 Å². The van der Waals surface area contributed by atoms with Crippen molar-refractivity contribution in [3.05, 3.63) is 35.4 Å². The van der Waals surface area contributed by atoms with Crippen molar-refractivity contribution in [2.24, 2.45) is 5.92 Å². The van der Waals surface area contributed by atoms with E-state index >= 15 is 0 Å². The second-order valence-electron chi connectivity index (χ2n) is 5.52. The summed E-state index contributed by atoms with van der Waals surface area (Å²) in [6.07, 6.45) is -4.59. The van der Waals surface area contributed by atoms with E-state index in [0.717, 1.165) is 6.07 Å². The zero-order chi connectivity index (χ0) is 17.3. The fourth-order valence-electron chi connectivity index (χ4n) is 2.73. The van der Waals surface area contributed by atoms with E-state index in [1.54, 1.807) is 0 Å². The number of rotatable bonds is 5. The molecule has 0 spiro atoms. The number of halogens is 4. The fraction of sp³-hybridized carbons (Fsp3) is 0.500. The van der Waals surface area contributed by atoms with Gasteiger partial charge in [0, 0.05) is 25.4 Å². The molecule has 0 radical (unpaired) electrons. The Hall–Kier alpha value is -1.64. The Morgan fingerprint density at radius 2 is 1.87 bits per heavy atom. The summed E-state index contributed by atoms with van der Waals surface area (Å²) < 4.78 is 72.5. The van der Waals surface area contributed by atoms with Crippen molar-refractivity contribution in [1.29, 1.82) is 0 Å². The molecule has 0 aliphatic carbocycles. The highest BCUT2D eigenvalue weighted by Crippen LogP contribution is 2.32. The average Bonchev–Trinajstić information content (AvgIpc) is 2.73. The lowest BCUT2D eigenvalue weighted by molar-refractivity contribution is -0.138. The molecule has 2 rings (SSSR count). The maximum atomic E-state index is 12.9. The molecule has 0 saturated carbocycles. The van der Waals surface area contributed by atoms with Gasteiger partial charge in [-0.15, -0.1) is 3.89 Å². The maximum absolute atomic E-state index is 12.9. The smallest absolute Gasteiger partial charge is 0.342 e. The van der Waals surface area contributed by atoms with Gasteiger partial charge in [0.1, 0.15) is 0 Å². The standard InChI is InChI=1S/C14H15F4NO3S/c15-14(16,17)12-4-2-1-3-11(12)5-6-19-8-10(7-13(19)20)9-23(18,21)22/h1-4,10H,5-9H2. The summed E-state index contributed by atoms with van der Waals surface area (Å²) in [7, 11) is -4.68. The van der Waals surface area contributed by atoms with E-state index in [1.807, 2.05) is 0 Å². The van der Waals surface area contributed by atoms with Gasteiger partial charge in [-0.3, -0.25) is 4.79 Å². The maximum Gasteiger partial charge on any atom is 0.416 e. The largest absolute Gasteiger partial charge is 0.416 e. The second-order valence-corrected chi connectivity index (χ2v) is 6.93. The summed E-state index contributed by atoms with van der Waals surface area (Å²) in [6.45, 7) is 0.0743. The van der Waals surface area contributed by atoms with Crippen molar-refractivity contribution in [1.82, 2.24) is 4.90 Å². The normalized spacial score (nSPS) is 19.4. The molecule has 1 unspecified atom stereocenters. The van der Waals surface area contributed by atoms with E-state index in [0.29, 0.717) is 0 Å². The molecular weight excluding hydrogens is 338 g/mol. The summed E-state index contributed by atoms with van der Waals surface area (Å²) in [4.78, 5) is 13.0. The molecule has 1 fully saturated rings. The molecular formula is C14H15F4NO3S. The lowest BCUT2D eigenvalue weighted by Crippen LogP contribution is -2.28. The number of carbonyl (C=O) groups excluding carboxylic acids is 1. The molecule has 128 valence electrons. The van der Waals surface area contributed by atoms with Crippen LogP contribution in [0.15, 0.2) is 24.3 Å². The summed E-state index contributed by atoms with van der Waals surface area (Å²) in [6, 6.07) is 5.08. The number of carbonyl (C=O) groups is 1. The number of benzene rings is 1. The minimum Gasteiger partial charge on any atom is -0.342 e. The van der Waals surface area contributed by atoms with Gasteiger partial charge in [0.25, 0.3) is 0 Å². The van der Waals surface area contributed by atoms with Crippen molar-refractivity contribution >= 4 is 16.1 Å². The molecule has 1 aliphatic rings. The summed E-state index contributed by atoms with van der Waals surface area (Å²) in [5, 5.41) is 0. The zero-order valence-electron chi connectivity index (χ0n) is 12.0. The summed E-state index contributed by atoms with van der Waals surface area (Å²) in [5.41, 5.74) is -0.691. The summed E-state index contributed by atoms with van der Waals surface area (Å²) in [5.74, 6) is -1.77. The minimum atomic E-state index is -4.68. The minimum absolute atomic E-state index is 0.00345. The van der Waals surface area contributed by atoms with Crippen molar-refractivity contribution < 1.29 is 30.3 Å². The van der Waals surface area contributed by atoms with E-state index in [9.17, 15) is 30.3 Å². The molecule has 23 heavy (non-hydrogen) atoms. The van der Waals surface area contributed by atoms with Crippen LogP contribution >= 0.6 is 0 Å². The Bertz CT molecular complexity index is 688. The highest BCUT2D eigenvalue weighted by Gasteiger charge is 2.35. The molecule has 4 nitrogen and oxygen atoms in total. The first-order valence-corrected chi connectivity index (χ1v) is 8.47. The monoisotopic (exact) mass is 353 g/mol. The van der Waals surface area contributed by atoms with Gasteiger partial charge in [0.05, 0.1) is 11.3 Å². The van der Waals surface area contributed by atoms with Crippen LogP contribution in [0.2, 0.25) is 0 Å². The summed E-state index contributed by atoms with van der Waals surface area (Å²) >= 11 is 0.